The molecule has 1 amide bonds. The minimum atomic E-state index is -0.201. The maximum atomic E-state index is 10.9. The second-order valence-electron chi connectivity index (χ2n) is 4.14. The number of amides is 1. The van der Waals surface area contributed by atoms with E-state index >= 15 is 0 Å². The van der Waals surface area contributed by atoms with Gasteiger partial charge in [-0.3, -0.25) is 9.69 Å². The molecule has 2 heterocycles. The smallest absolute Gasteiger partial charge is 0.231 e. The molecule has 0 aliphatic carbocycles. The van der Waals surface area contributed by atoms with E-state index in [2.05, 4.69) is 10.2 Å². The summed E-state index contributed by atoms with van der Waals surface area (Å²) in [4.78, 5) is 13.1. The van der Waals surface area contributed by atoms with Crippen LogP contribution in [0.1, 0.15) is 19.3 Å². The number of carbonyl (C=O) groups excluding carboxylic acids is 1. The highest BCUT2D eigenvalue weighted by Gasteiger charge is 2.43. The molecule has 0 aromatic heterocycles. The standard InChI is InChI=1S/C9H17N3O/c10-8(13)6-12-5-1-2-9(12)3-4-11-7-9/h11H,1-7H2,(H2,10,13). The van der Waals surface area contributed by atoms with E-state index in [-0.39, 0.29) is 11.4 Å². The number of hydrogen-bond donors (Lipinski definition) is 2. The molecular formula is C9H17N3O. The van der Waals surface area contributed by atoms with Crippen LogP contribution < -0.4 is 11.1 Å². The molecular weight excluding hydrogens is 166 g/mol. The van der Waals surface area contributed by atoms with Crippen LogP contribution in [-0.4, -0.2) is 42.5 Å². The van der Waals surface area contributed by atoms with Gasteiger partial charge in [0.2, 0.25) is 5.91 Å². The Bertz CT molecular complexity index is 205. The van der Waals surface area contributed by atoms with Crippen LogP contribution in [0, 0.1) is 0 Å². The van der Waals surface area contributed by atoms with E-state index in [9.17, 15) is 4.79 Å². The molecule has 0 saturated carbocycles. The zero-order valence-electron chi connectivity index (χ0n) is 7.88. The second kappa shape index (κ2) is 3.27. The predicted molar refractivity (Wildman–Crippen MR) is 50.2 cm³/mol. The van der Waals surface area contributed by atoms with Crippen LogP contribution in [0.3, 0.4) is 0 Å². The van der Waals surface area contributed by atoms with E-state index in [4.69, 9.17) is 5.73 Å². The van der Waals surface area contributed by atoms with Gasteiger partial charge in [0, 0.05) is 12.1 Å². The number of likely N-dealkylation sites (tertiary alicyclic amines) is 1. The topological polar surface area (TPSA) is 58.4 Å². The van der Waals surface area contributed by atoms with Crippen molar-refractivity contribution in [2.75, 3.05) is 26.2 Å². The van der Waals surface area contributed by atoms with Crippen molar-refractivity contribution in [2.45, 2.75) is 24.8 Å². The second-order valence-corrected chi connectivity index (χ2v) is 4.14. The van der Waals surface area contributed by atoms with Gasteiger partial charge >= 0.3 is 0 Å². The molecule has 4 heteroatoms. The SMILES string of the molecule is NC(=O)CN1CCCC12CCNC2. The van der Waals surface area contributed by atoms with Crippen molar-refractivity contribution in [2.24, 2.45) is 5.73 Å². The van der Waals surface area contributed by atoms with Crippen molar-refractivity contribution in [1.29, 1.82) is 0 Å². The van der Waals surface area contributed by atoms with Crippen LogP contribution in [0.15, 0.2) is 0 Å². The lowest BCUT2D eigenvalue weighted by Crippen LogP contribution is -2.48. The summed E-state index contributed by atoms with van der Waals surface area (Å²) in [5.74, 6) is -0.201. The number of nitrogens with two attached hydrogens (primary N) is 1. The van der Waals surface area contributed by atoms with E-state index in [1.807, 2.05) is 0 Å². The van der Waals surface area contributed by atoms with Gasteiger partial charge < -0.3 is 11.1 Å². The summed E-state index contributed by atoms with van der Waals surface area (Å²) in [6.45, 7) is 3.57. The van der Waals surface area contributed by atoms with Crippen LogP contribution in [0.2, 0.25) is 0 Å². The molecule has 2 aliphatic heterocycles. The van der Waals surface area contributed by atoms with Crippen LogP contribution in [0.4, 0.5) is 0 Å². The number of nitrogens with zero attached hydrogens (tertiary/aromatic N) is 1. The molecule has 0 aromatic rings. The maximum Gasteiger partial charge on any atom is 0.231 e. The number of carbonyl (C=O) groups is 1. The average molecular weight is 183 g/mol. The Morgan fingerprint density at radius 1 is 1.54 bits per heavy atom. The minimum absolute atomic E-state index is 0.201. The molecule has 3 N–H and O–H groups in total. The Labute approximate surface area is 78.5 Å². The van der Waals surface area contributed by atoms with Gasteiger partial charge in [0.25, 0.3) is 0 Å². The third kappa shape index (κ3) is 1.56. The third-order valence-electron chi connectivity index (χ3n) is 3.31. The van der Waals surface area contributed by atoms with Gasteiger partial charge in [-0.15, -0.1) is 0 Å². The van der Waals surface area contributed by atoms with Crippen LogP contribution in [-0.2, 0) is 4.79 Å². The first-order valence-corrected chi connectivity index (χ1v) is 4.97. The van der Waals surface area contributed by atoms with Crippen molar-refractivity contribution in [3.63, 3.8) is 0 Å². The number of hydrogen-bond acceptors (Lipinski definition) is 3. The van der Waals surface area contributed by atoms with E-state index < -0.39 is 0 Å². The van der Waals surface area contributed by atoms with Crippen LogP contribution in [0.25, 0.3) is 0 Å². The molecule has 2 fully saturated rings. The molecule has 0 radical (unpaired) electrons. The van der Waals surface area contributed by atoms with Crippen molar-refractivity contribution < 1.29 is 4.79 Å². The van der Waals surface area contributed by atoms with Gasteiger partial charge in [0.15, 0.2) is 0 Å². The minimum Gasteiger partial charge on any atom is -0.369 e. The van der Waals surface area contributed by atoms with Gasteiger partial charge in [-0.2, -0.15) is 0 Å². The van der Waals surface area contributed by atoms with Crippen molar-refractivity contribution in [1.82, 2.24) is 10.2 Å². The monoisotopic (exact) mass is 183 g/mol. The predicted octanol–water partition coefficient (Wildman–Crippen LogP) is -0.700. The van der Waals surface area contributed by atoms with Crippen LogP contribution in [0.5, 0.6) is 0 Å². The molecule has 1 unspecified atom stereocenters. The Kier molecular flexibility index (Phi) is 2.26. The third-order valence-corrected chi connectivity index (χ3v) is 3.31. The average Bonchev–Trinajstić information content (AvgIpc) is 2.64. The summed E-state index contributed by atoms with van der Waals surface area (Å²) in [6, 6.07) is 0. The summed E-state index contributed by atoms with van der Waals surface area (Å²) < 4.78 is 0. The molecule has 74 valence electrons. The Hall–Kier alpha value is -0.610. The first kappa shape index (κ1) is 8.97. The fourth-order valence-electron chi connectivity index (χ4n) is 2.64. The summed E-state index contributed by atoms with van der Waals surface area (Å²) in [5.41, 5.74) is 5.48. The van der Waals surface area contributed by atoms with E-state index in [1.54, 1.807) is 0 Å². The number of nitrogens with one attached hydrogen (secondary N) is 1. The molecule has 1 atom stereocenters. The Morgan fingerprint density at radius 3 is 3.00 bits per heavy atom. The molecule has 2 aliphatic rings. The van der Waals surface area contributed by atoms with Crippen molar-refractivity contribution in [3.05, 3.63) is 0 Å². The highest BCUT2D eigenvalue weighted by Crippen LogP contribution is 2.33. The van der Waals surface area contributed by atoms with Gasteiger partial charge in [-0.05, 0) is 32.4 Å². The first-order chi connectivity index (χ1) is 6.23. The Morgan fingerprint density at radius 2 is 2.38 bits per heavy atom. The molecule has 0 bridgehead atoms. The van der Waals surface area contributed by atoms with Gasteiger partial charge in [0.05, 0.1) is 6.54 Å². The van der Waals surface area contributed by atoms with Crippen molar-refractivity contribution >= 4 is 5.91 Å². The normalized spacial score (nSPS) is 34.5. The molecule has 1 spiro atoms. The van der Waals surface area contributed by atoms with Gasteiger partial charge in [-0.25, -0.2) is 0 Å². The molecule has 0 aromatic carbocycles. The largest absolute Gasteiger partial charge is 0.369 e. The first-order valence-electron chi connectivity index (χ1n) is 4.97. The summed E-state index contributed by atoms with van der Waals surface area (Å²) in [7, 11) is 0. The van der Waals surface area contributed by atoms with Crippen molar-refractivity contribution in [3.8, 4) is 0 Å². The van der Waals surface area contributed by atoms with Gasteiger partial charge in [0.1, 0.15) is 0 Å². The van der Waals surface area contributed by atoms with Crippen LogP contribution >= 0.6 is 0 Å². The fraction of sp³-hybridized carbons (Fsp3) is 0.889. The summed E-state index contributed by atoms with van der Waals surface area (Å²) in [5, 5.41) is 3.36. The zero-order valence-corrected chi connectivity index (χ0v) is 7.88. The maximum absolute atomic E-state index is 10.9. The van der Waals surface area contributed by atoms with E-state index in [0.717, 1.165) is 19.6 Å². The number of rotatable bonds is 2. The van der Waals surface area contributed by atoms with E-state index in [1.165, 1.54) is 19.3 Å². The number of primary amides is 1. The quantitative estimate of drug-likeness (QED) is 0.595. The molecule has 13 heavy (non-hydrogen) atoms. The molecule has 2 saturated heterocycles. The zero-order chi connectivity index (χ0) is 9.31. The molecule has 2 rings (SSSR count). The lowest BCUT2D eigenvalue weighted by Gasteiger charge is -2.33. The lowest BCUT2D eigenvalue weighted by molar-refractivity contribution is -0.120. The lowest BCUT2D eigenvalue weighted by atomic mass is 9.95. The summed E-state index contributed by atoms with van der Waals surface area (Å²) in [6.07, 6.45) is 3.59. The highest BCUT2D eigenvalue weighted by molar-refractivity contribution is 5.76. The summed E-state index contributed by atoms with van der Waals surface area (Å²) >= 11 is 0. The highest BCUT2D eigenvalue weighted by atomic mass is 16.1. The van der Waals surface area contributed by atoms with Gasteiger partial charge in [-0.1, -0.05) is 0 Å². The fourth-order valence-corrected chi connectivity index (χ4v) is 2.64. The Balaban J connectivity index is 2.04. The van der Waals surface area contributed by atoms with E-state index in [0.29, 0.717) is 6.54 Å². The molecule has 4 nitrogen and oxygen atoms in total.